The fourth-order valence-corrected chi connectivity index (χ4v) is 1.75. The van der Waals surface area contributed by atoms with Gasteiger partial charge in [0.1, 0.15) is 0 Å². The molecule has 1 unspecified atom stereocenters. The van der Waals surface area contributed by atoms with Crippen LogP contribution in [-0.4, -0.2) is 41.9 Å². The highest BCUT2D eigenvalue weighted by molar-refractivity contribution is 5.84. The van der Waals surface area contributed by atoms with Crippen molar-refractivity contribution in [3.05, 3.63) is 0 Å². The first-order chi connectivity index (χ1) is 7.16. The molecule has 1 aliphatic carbocycles. The molecular weight excluding hydrogens is 194 g/mol. The van der Waals surface area contributed by atoms with Gasteiger partial charge in [0.25, 0.3) is 0 Å². The van der Waals surface area contributed by atoms with E-state index in [0.717, 1.165) is 12.8 Å². The van der Waals surface area contributed by atoms with Crippen molar-refractivity contribution >= 4 is 11.8 Å². The third kappa shape index (κ3) is 2.68. The summed E-state index contributed by atoms with van der Waals surface area (Å²) in [6, 6.07) is 0.0468. The zero-order chi connectivity index (χ0) is 10.8. The Hall–Kier alpha value is -1.10. The van der Waals surface area contributed by atoms with Crippen molar-refractivity contribution in [1.29, 1.82) is 0 Å². The van der Waals surface area contributed by atoms with E-state index >= 15 is 0 Å². The van der Waals surface area contributed by atoms with Gasteiger partial charge in [0.2, 0.25) is 11.8 Å². The summed E-state index contributed by atoms with van der Waals surface area (Å²) in [6.07, 6.45) is 3.30. The second kappa shape index (κ2) is 4.18. The normalized spacial score (nSPS) is 25.8. The second-order valence-corrected chi connectivity index (χ2v) is 4.31. The van der Waals surface area contributed by atoms with Crippen LogP contribution in [0.3, 0.4) is 0 Å². The van der Waals surface area contributed by atoms with Crippen LogP contribution >= 0.6 is 0 Å². The quantitative estimate of drug-likeness (QED) is 0.640. The summed E-state index contributed by atoms with van der Waals surface area (Å²) in [7, 11) is 0. The van der Waals surface area contributed by atoms with Crippen LogP contribution in [0.4, 0.5) is 0 Å². The molecule has 1 aliphatic heterocycles. The fourth-order valence-electron chi connectivity index (χ4n) is 1.75. The van der Waals surface area contributed by atoms with Gasteiger partial charge in [-0.25, -0.2) is 0 Å². The molecule has 2 amide bonds. The molecule has 15 heavy (non-hydrogen) atoms. The minimum Gasteiger partial charge on any atom is -0.353 e. The van der Waals surface area contributed by atoms with Crippen LogP contribution in [0.15, 0.2) is 0 Å². The molecule has 0 bridgehead atoms. The van der Waals surface area contributed by atoms with Gasteiger partial charge in [-0.05, 0) is 19.3 Å². The van der Waals surface area contributed by atoms with Gasteiger partial charge in [0.15, 0.2) is 0 Å². The molecule has 0 aromatic heterocycles. The third-order valence-corrected chi connectivity index (χ3v) is 2.89. The van der Waals surface area contributed by atoms with E-state index in [2.05, 4.69) is 5.32 Å². The van der Waals surface area contributed by atoms with Gasteiger partial charge in [0, 0.05) is 25.6 Å². The molecule has 84 valence electrons. The Morgan fingerprint density at radius 3 is 2.73 bits per heavy atom. The molecule has 1 saturated carbocycles. The Kier molecular flexibility index (Phi) is 2.90. The maximum absolute atomic E-state index is 11.4. The number of amides is 2. The molecule has 5 nitrogen and oxygen atoms in total. The van der Waals surface area contributed by atoms with Crippen molar-refractivity contribution in [2.75, 3.05) is 13.1 Å². The zero-order valence-electron chi connectivity index (χ0n) is 8.74. The van der Waals surface area contributed by atoms with Crippen LogP contribution in [-0.2, 0) is 9.59 Å². The molecule has 2 fully saturated rings. The molecule has 1 saturated heterocycles. The fraction of sp³-hybridized carbons (Fsp3) is 0.800. The lowest BCUT2D eigenvalue weighted by Gasteiger charge is -2.15. The highest BCUT2D eigenvalue weighted by Gasteiger charge is 2.29. The highest BCUT2D eigenvalue weighted by Crippen LogP contribution is 2.18. The number of carbonyl (C=O) groups excluding carboxylic acids is 2. The van der Waals surface area contributed by atoms with Crippen LogP contribution in [0.5, 0.6) is 0 Å². The van der Waals surface area contributed by atoms with Gasteiger partial charge >= 0.3 is 0 Å². The van der Waals surface area contributed by atoms with Gasteiger partial charge in [-0.15, -0.1) is 0 Å². The summed E-state index contributed by atoms with van der Waals surface area (Å²) >= 11 is 0. The first-order valence-electron chi connectivity index (χ1n) is 5.50. The predicted octanol–water partition coefficient (Wildman–Crippen LogP) is -0.785. The number of hydrogen-bond donors (Lipinski definition) is 2. The van der Waals surface area contributed by atoms with Crippen LogP contribution in [0.1, 0.15) is 25.7 Å². The van der Waals surface area contributed by atoms with Crippen LogP contribution < -0.4 is 11.1 Å². The monoisotopic (exact) mass is 211 g/mol. The average Bonchev–Trinajstić information content (AvgIpc) is 2.95. The maximum Gasteiger partial charge on any atom is 0.239 e. The van der Waals surface area contributed by atoms with Crippen molar-refractivity contribution in [2.24, 2.45) is 5.73 Å². The molecule has 1 heterocycles. The van der Waals surface area contributed by atoms with E-state index in [1.807, 2.05) is 0 Å². The average molecular weight is 211 g/mol. The molecule has 3 N–H and O–H groups in total. The molecule has 0 radical (unpaired) electrons. The number of nitrogens with two attached hydrogens (primary N) is 1. The van der Waals surface area contributed by atoms with E-state index in [4.69, 9.17) is 5.73 Å². The molecule has 0 aromatic rings. The number of nitrogens with zero attached hydrogens (tertiary/aromatic N) is 1. The van der Waals surface area contributed by atoms with Gasteiger partial charge in [0.05, 0.1) is 6.04 Å². The lowest BCUT2D eigenvalue weighted by molar-refractivity contribution is -0.129. The van der Waals surface area contributed by atoms with E-state index in [1.54, 1.807) is 4.90 Å². The van der Waals surface area contributed by atoms with E-state index < -0.39 is 0 Å². The Morgan fingerprint density at radius 1 is 1.47 bits per heavy atom. The van der Waals surface area contributed by atoms with Crippen molar-refractivity contribution in [3.63, 3.8) is 0 Å². The first kappa shape index (κ1) is 10.4. The smallest absolute Gasteiger partial charge is 0.239 e. The lowest BCUT2D eigenvalue weighted by atomic mass is 10.3. The number of nitrogens with one attached hydrogen (secondary N) is 1. The van der Waals surface area contributed by atoms with Crippen molar-refractivity contribution in [2.45, 2.75) is 37.8 Å². The standard InChI is InChI=1S/C10H17N3O2/c11-8-3-5-13(10(8)15)6-4-9(14)12-7-1-2-7/h7-8H,1-6,11H2,(H,12,14). The molecule has 5 heteroatoms. The number of hydrogen-bond acceptors (Lipinski definition) is 3. The zero-order valence-corrected chi connectivity index (χ0v) is 8.74. The summed E-state index contributed by atoms with van der Waals surface area (Å²) in [6.45, 7) is 1.20. The summed E-state index contributed by atoms with van der Waals surface area (Å²) in [5.41, 5.74) is 5.57. The van der Waals surface area contributed by atoms with Gasteiger partial charge < -0.3 is 16.0 Å². The van der Waals surface area contributed by atoms with Gasteiger partial charge in [-0.2, -0.15) is 0 Å². The molecule has 1 atom stereocenters. The minimum absolute atomic E-state index is 0.0192. The lowest BCUT2D eigenvalue weighted by Crippen LogP contribution is -2.36. The summed E-state index contributed by atoms with van der Waals surface area (Å²) in [5, 5.41) is 2.90. The molecule has 0 spiro atoms. The second-order valence-electron chi connectivity index (χ2n) is 4.31. The largest absolute Gasteiger partial charge is 0.353 e. The Morgan fingerprint density at radius 2 is 2.20 bits per heavy atom. The summed E-state index contributed by atoms with van der Waals surface area (Å²) < 4.78 is 0. The van der Waals surface area contributed by atoms with Crippen LogP contribution in [0, 0.1) is 0 Å². The minimum atomic E-state index is -0.350. The number of rotatable bonds is 4. The summed E-state index contributed by atoms with van der Waals surface area (Å²) in [4.78, 5) is 24.5. The van der Waals surface area contributed by atoms with Crippen LogP contribution in [0.2, 0.25) is 0 Å². The predicted molar refractivity (Wildman–Crippen MR) is 55.0 cm³/mol. The maximum atomic E-state index is 11.4. The molecule has 2 rings (SSSR count). The third-order valence-electron chi connectivity index (χ3n) is 2.89. The molecule has 0 aromatic carbocycles. The Labute approximate surface area is 89.0 Å². The molecule has 2 aliphatic rings. The Balaban J connectivity index is 1.68. The van der Waals surface area contributed by atoms with Crippen molar-refractivity contribution in [1.82, 2.24) is 10.2 Å². The molecular formula is C10H17N3O2. The number of likely N-dealkylation sites (tertiary alicyclic amines) is 1. The van der Waals surface area contributed by atoms with E-state index in [9.17, 15) is 9.59 Å². The van der Waals surface area contributed by atoms with Crippen LogP contribution in [0.25, 0.3) is 0 Å². The summed E-state index contributed by atoms with van der Waals surface area (Å²) in [5.74, 6) is 0.0278. The van der Waals surface area contributed by atoms with E-state index in [-0.39, 0.29) is 17.9 Å². The van der Waals surface area contributed by atoms with Crippen molar-refractivity contribution in [3.8, 4) is 0 Å². The van der Waals surface area contributed by atoms with Crippen molar-refractivity contribution < 1.29 is 9.59 Å². The Bertz CT molecular complexity index is 276. The van der Waals surface area contributed by atoms with E-state index in [0.29, 0.717) is 32.0 Å². The number of carbonyl (C=O) groups is 2. The first-order valence-corrected chi connectivity index (χ1v) is 5.50. The highest BCUT2D eigenvalue weighted by atomic mass is 16.2. The van der Waals surface area contributed by atoms with Gasteiger partial charge in [-0.3, -0.25) is 9.59 Å². The SMILES string of the molecule is NC1CCN(CCC(=O)NC2CC2)C1=O. The van der Waals surface area contributed by atoms with E-state index in [1.165, 1.54) is 0 Å². The van der Waals surface area contributed by atoms with Gasteiger partial charge in [-0.1, -0.05) is 0 Å². The topological polar surface area (TPSA) is 75.4 Å².